The lowest BCUT2D eigenvalue weighted by atomic mass is 10.0. The van der Waals surface area contributed by atoms with Gasteiger partial charge in [-0.25, -0.2) is 0 Å². The monoisotopic (exact) mass is 609 g/mol. The smallest absolute Gasteiger partial charge is 0.306 e. The van der Waals surface area contributed by atoms with Gasteiger partial charge in [0, 0.05) is 13.0 Å². The number of aliphatic hydroxyl groups excluding tert-OH is 1. The van der Waals surface area contributed by atoms with Gasteiger partial charge < -0.3 is 14.6 Å². The first-order valence-corrected chi connectivity index (χ1v) is 19.3. The average Bonchev–Trinajstić information content (AvgIpc) is 3.01. The predicted molar refractivity (Wildman–Crippen MR) is 187 cm³/mol. The molecule has 4 nitrogen and oxygen atoms in total. The summed E-state index contributed by atoms with van der Waals surface area (Å²) in [4.78, 5) is 12.1. The average molecular weight is 609 g/mol. The highest BCUT2D eigenvalue weighted by Crippen LogP contribution is 2.15. The molecule has 0 aromatic heterocycles. The molecule has 0 amide bonds. The van der Waals surface area contributed by atoms with Crippen molar-refractivity contribution in [3.05, 3.63) is 12.2 Å². The van der Waals surface area contributed by atoms with Gasteiger partial charge in [-0.1, -0.05) is 174 Å². The number of carbonyl (C=O) groups is 1. The van der Waals surface area contributed by atoms with Crippen LogP contribution in [0, 0.1) is 0 Å². The highest BCUT2D eigenvalue weighted by molar-refractivity contribution is 5.69. The zero-order chi connectivity index (χ0) is 31.3. The first-order valence-electron chi connectivity index (χ1n) is 19.3. The molecule has 0 spiro atoms. The molecule has 0 saturated heterocycles. The second-order valence-corrected chi connectivity index (χ2v) is 13.0. The maximum absolute atomic E-state index is 12.1. The van der Waals surface area contributed by atoms with E-state index in [0.29, 0.717) is 19.6 Å². The van der Waals surface area contributed by atoms with Crippen LogP contribution in [0.5, 0.6) is 0 Å². The summed E-state index contributed by atoms with van der Waals surface area (Å²) in [7, 11) is 0. The molecule has 0 aliphatic rings. The van der Waals surface area contributed by atoms with Crippen molar-refractivity contribution in [3.8, 4) is 0 Å². The Hall–Kier alpha value is -0.870. The van der Waals surface area contributed by atoms with Crippen molar-refractivity contribution in [2.45, 2.75) is 213 Å². The van der Waals surface area contributed by atoms with Crippen molar-refractivity contribution in [1.82, 2.24) is 0 Å². The first kappa shape index (κ1) is 42.1. The molecule has 0 aliphatic heterocycles. The summed E-state index contributed by atoms with van der Waals surface area (Å²) in [6, 6.07) is 0. The molecule has 0 fully saturated rings. The van der Waals surface area contributed by atoms with E-state index in [2.05, 4.69) is 26.0 Å². The van der Waals surface area contributed by atoms with Crippen LogP contribution in [-0.4, -0.2) is 37.0 Å². The summed E-state index contributed by atoms with van der Waals surface area (Å²) in [6.45, 7) is 5.35. The van der Waals surface area contributed by atoms with E-state index in [4.69, 9.17) is 9.47 Å². The van der Waals surface area contributed by atoms with Gasteiger partial charge in [-0.05, 0) is 38.5 Å². The van der Waals surface area contributed by atoms with Gasteiger partial charge in [0.05, 0.1) is 13.2 Å². The van der Waals surface area contributed by atoms with E-state index in [0.717, 1.165) is 19.3 Å². The molecule has 0 saturated carbocycles. The molecule has 1 atom stereocenters. The SMILES string of the molecule is CCCCCCC/C=C\CCCCCCCCOCC(CO)OC(=O)CCCCCCCCCCCCCCCCCC. The first-order chi connectivity index (χ1) is 21.2. The lowest BCUT2D eigenvalue weighted by Crippen LogP contribution is -2.27. The summed E-state index contributed by atoms with van der Waals surface area (Å²) in [5.41, 5.74) is 0. The fourth-order valence-corrected chi connectivity index (χ4v) is 5.68. The fourth-order valence-electron chi connectivity index (χ4n) is 5.68. The van der Waals surface area contributed by atoms with E-state index in [1.54, 1.807) is 0 Å². The van der Waals surface area contributed by atoms with Crippen LogP contribution in [-0.2, 0) is 14.3 Å². The molecule has 0 rings (SSSR count). The van der Waals surface area contributed by atoms with Crippen LogP contribution in [0.4, 0.5) is 0 Å². The van der Waals surface area contributed by atoms with E-state index in [1.807, 2.05) is 0 Å². The molecule has 1 N–H and O–H groups in total. The van der Waals surface area contributed by atoms with Gasteiger partial charge in [-0.3, -0.25) is 4.79 Å². The summed E-state index contributed by atoms with van der Waals surface area (Å²) in [5, 5.41) is 9.56. The van der Waals surface area contributed by atoms with Crippen LogP contribution in [0.25, 0.3) is 0 Å². The maximum Gasteiger partial charge on any atom is 0.306 e. The normalized spacial score (nSPS) is 12.3. The fraction of sp³-hybridized carbons (Fsp3) is 0.923. The molecular weight excluding hydrogens is 532 g/mol. The molecule has 0 aromatic carbocycles. The number of allylic oxidation sites excluding steroid dienone is 2. The molecule has 43 heavy (non-hydrogen) atoms. The van der Waals surface area contributed by atoms with Crippen molar-refractivity contribution in [3.63, 3.8) is 0 Å². The quantitative estimate of drug-likeness (QED) is 0.0437. The van der Waals surface area contributed by atoms with Crippen molar-refractivity contribution in [2.75, 3.05) is 19.8 Å². The molecule has 256 valence electrons. The highest BCUT2D eigenvalue weighted by Gasteiger charge is 2.13. The number of carbonyl (C=O) groups excluding carboxylic acids is 1. The van der Waals surface area contributed by atoms with Crippen LogP contribution < -0.4 is 0 Å². The molecule has 0 heterocycles. The topological polar surface area (TPSA) is 55.8 Å². The van der Waals surface area contributed by atoms with Gasteiger partial charge in [0.15, 0.2) is 0 Å². The number of aliphatic hydroxyl groups is 1. The Morgan fingerprint density at radius 3 is 1.33 bits per heavy atom. The minimum atomic E-state index is -0.530. The van der Waals surface area contributed by atoms with Crippen molar-refractivity contribution in [1.29, 1.82) is 0 Å². The Morgan fingerprint density at radius 1 is 0.535 bits per heavy atom. The zero-order valence-corrected chi connectivity index (χ0v) is 29.2. The number of ether oxygens (including phenoxy) is 2. The summed E-state index contributed by atoms with van der Waals surface area (Å²) >= 11 is 0. The third-order valence-electron chi connectivity index (χ3n) is 8.59. The minimum Gasteiger partial charge on any atom is -0.457 e. The predicted octanol–water partition coefficient (Wildman–Crippen LogP) is 12.2. The van der Waals surface area contributed by atoms with E-state index < -0.39 is 6.10 Å². The lowest BCUT2D eigenvalue weighted by molar-refractivity contribution is -0.154. The van der Waals surface area contributed by atoms with Crippen LogP contribution in [0.2, 0.25) is 0 Å². The summed E-state index contributed by atoms with van der Waals surface area (Å²) < 4.78 is 11.1. The molecule has 0 bridgehead atoms. The third-order valence-corrected chi connectivity index (χ3v) is 8.59. The molecule has 0 radical (unpaired) electrons. The van der Waals surface area contributed by atoms with Crippen molar-refractivity contribution >= 4 is 5.97 Å². The summed E-state index contributed by atoms with van der Waals surface area (Å²) in [6.07, 6.45) is 42.5. The van der Waals surface area contributed by atoms with E-state index in [1.165, 1.54) is 167 Å². The van der Waals surface area contributed by atoms with Gasteiger partial charge in [-0.2, -0.15) is 0 Å². The van der Waals surface area contributed by atoms with E-state index in [9.17, 15) is 9.90 Å². The van der Waals surface area contributed by atoms with Gasteiger partial charge in [0.1, 0.15) is 6.10 Å². The number of hydrogen-bond donors (Lipinski definition) is 1. The second kappa shape index (κ2) is 37.3. The van der Waals surface area contributed by atoms with E-state index >= 15 is 0 Å². The Morgan fingerprint density at radius 2 is 0.907 bits per heavy atom. The van der Waals surface area contributed by atoms with Gasteiger partial charge in [0.2, 0.25) is 0 Å². The second-order valence-electron chi connectivity index (χ2n) is 13.0. The Kier molecular flexibility index (Phi) is 36.6. The standard InChI is InChI=1S/C39H76O4/c1-3-5-7-9-11-13-15-17-19-20-22-24-26-28-30-32-34-39(41)43-38(36-40)37-42-35-33-31-29-27-25-23-21-18-16-14-12-10-8-6-4-2/h16,18,38,40H,3-15,17,19-37H2,1-2H3/b18-16-. The lowest BCUT2D eigenvalue weighted by Gasteiger charge is -2.15. The van der Waals surface area contributed by atoms with Gasteiger partial charge in [-0.15, -0.1) is 0 Å². The summed E-state index contributed by atoms with van der Waals surface area (Å²) in [5.74, 6) is -0.199. The van der Waals surface area contributed by atoms with Crippen molar-refractivity contribution in [2.24, 2.45) is 0 Å². The Balaban J connectivity index is 3.40. The highest BCUT2D eigenvalue weighted by atomic mass is 16.6. The largest absolute Gasteiger partial charge is 0.457 e. The number of rotatable bonds is 36. The third kappa shape index (κ3) is 35.5. The Labute approximate surface area is 269 Å². The zero-order valence-electron chi connectivity index (χ0n) is 29.2. The van der Waals surface area contributed by atoms with Gasteiger partial charge in [0.25, 0.3) is 0 Å². The van der Waals surface area contributed by atoms with Crippen LogP contribution in [0.1, 0.15) is 206 Å². The van der Waals surface area contributed by atoms with Crippen LogP contribution in [0.3, 0.4) is 0 Å². The maximum atomic E-state index is 12.1. The van der Waals surface area contributed by atoms with Gasteiger partial charge >= 0.3 is 5.97 Å². The number of unbranched alkanes of at least 4 members (excludes halogenated alkanes) is 26. The molecule has 0 aliphatic carbocycles. The number of esters is 1. The van der Waals surface area contributed by atoms with Crippen molar-refractivity contribution < 1.29 is 19.4 Å². The minimum absolute atomic E-state index is 0.169. The molecule has 0 aromatic rings. The molecular formula is C39H76O4. The van der Waals surface area contributed by atoms with Crippen LogP contribution in [0.15, 0.2) is 12.2 Å². The molecule has 1 unspecified atom stereocenters. The molecule has 4 heteroatoms. The van der Waals surface area contributed by atoms with Crippen LogP contribution >= 0.6 is 0 Å². The van der Waals surface area contributed by atoms with E-state index in [-0.39, 0.29) is 12.6 Å². The Bertz CT molecular complexity index is 561. The number of hydrogen-bond acceptors (Lipinski definition) is 4.